The molecule has 0 fully saturated rings. The molecular weight excluding hydrogens is 552 g/mol. The van der Waals surface area contributed by atoms with Crippen molar-refractivity contribution in [2.24, 2.45) is 0 Å². The van der Waals surface area contributed by atoms with E-state index in [2.05, 4.69) is 19.1 Å². The first kappa shape index (κ1) is 30.7. The van der Waals surface area contributed by atoms with Gasteiger partial charge in [0.2, 0.25) is 10.0 Å². The molecule has 10 heteroatoms. The van der Waals surface area contributed by atoms with Crippen LogP contribution in [0.4, 0.5) is 5.13 Å². The van der Waals surface area contributed by atoms with Crippen LogP contribution in [0.5, 0.6) is 0 Å². The topological polar surface area (TPSA) is 73.8 Å². The van der Waals surface area contributed by atoms with Crippen molar-refractivity contribution in [1.29, 1.82) is 0 Å². The summed E-state index contributed by atoms with van der Waals surface area (Å²) in [5.41, 5.74) is 4.47. The molecule has 3 aromatic carbocycles. The molecule has 208 valence electrons. The lowest BCUT2D eigenvalue weighted by Gasteiger charge is -2.23. The summed E-state index contributed by atoms with van der Waals surface area (Å²) in [5, 5.41) is 0.636. The molecule has 0 saturated heterocycles. The minimum absolute atomic E-state index is 0. The van der Waals surface area contributed by atoms with E-state index in [1.54, 1.807) is 17.0 Å². The maximum Gasteiger partial charge on any atom is 0.260 e. The lowest BCUT2D eigenvalue weighted by Crippen LogP contribution is -2.36. The van der Waals surface area contributed by atoms with Crippen LogP contribution < -0.4 is 4.90 Å². The zero-order chi connectivity index (χ0) is 27.4. The number of nitrogens with zero attached hydrogens (tertiary/aromatic N) is 4. The molecule has 1 heterocycles. The van der Waals surface area contributed by atoms with Gasteiger partial charge in [0.05, 0.1) is 15.1 Å². The van der Waals surface area contributed by atoms with E-state index in [0.717, 1.165) is 26.9 Å². The van der Waals surface area contributed by atoms with Gasteiger partial charge in [-0.25, -0.2) is 13.4 Å². The van der Waals surface area contributed by atoms with E-state index in [-0.39, 0.29) is 29.8 Å². The van der Waals surface area contributed by atoms with Crippen molar-refractivity contribution in [3.8, 4) is 0 Å². The largest absolute Gasteiger partial charge is 0.308 e. The van der Waals surface area contributed by atoms with E-state index in [4.69, 9.17) is 4.98 Å². The Hall–Kier alpha value is -2.82. The molecule has 4 aromatic rings. The van der Waals surface area contributed by atoms with Gasteiger partial charge in [0.1, 0.15) is 0 Å². The normalized spacial score (nSPS) is 11.7. The van der Waals surface area contributed by atoms with Crippen LogP contribution in [0, 0.1) is 13.8 Å². The van der Waals surface area contributed by atoms with Gasteiger partial charge in [0, 0.05) is 31.7 Å². The molecule has 0 radical (unpaired) electrons. The first-order valence-corrected chi connectivity index (χ1v) is 14.8. The number of likely N-dealkylation sites (N-methyl/N-ethyl adjacent to an activating group) is 1. The van der Waals surface area contributed by atoms with Crippen LogP contribution in [-0.4, -0.2) is 62.2 Å². The fourth-order valence-corrected chi connectivity index (χ4v) is 6.89. The van der Waals surface area contributed by atoms with Gasteiger partial charge in [-0.15, -0.1) is 12.4 Å². The second-order valence-electron chi connectivity index (χ2n) is 9.63. The molecule has 0 bridgehead atoms. The molecule has 0 aliphatic rings. The van der Waals surface area contributed by atoms with Crippen LogP contribution in [0.3, 0.4) is 0 Å². The molecule has 0 N–H and O–H groups in total. The number of anilines is 1. The number of aromatic nitrogens is 1. The SMILES string of the molecule is CCN(Cc1ccccc1)S(=O)(=O)c1ccc(C(=O)N(CCN(C)C)c2nc3c(C)cc(C)cc3s2)cc1.Cl. The lowest BCUT2D eigenvalue weighted by atomic mass is 10.1. The summed E-state index contributed by atoms with van der Waals surface area (Å²) in [6.07, 6.45) is 0. The Balaban J connectivity index is 0.00000420. The first-order valence-electron chi connectivity index (χ1n) is 12.6. The van der Waals surface area contributed by atoms with Crippen molar-refractivity contribution in [2.45, 2.75) is 32.2 Å². The minimum atomic E-state index is -3.72. The van der Waals surface area contributed by atoms with Gasteiger partial charge < -0.3 is 4.90 Å². The number of hydrogen-bond donors (Lipinski definition) is 0. The number of carbonyl (C=O) groups excluding carboxylic acids is 1. The molecule has 0 atom stereocenters. The van der Waals surface area contributed by atoms with Crippen LogP contribution in [0.25, 0.3) is 10.2 Å². The number of benzene rings is 3. The Labute approximate surface area is 241 Å². The third-order valence-electron chi connectivity index (χ3n) is 6.36. The Bertz CT molecular complexity index is 1520. The summed E-state index contributed by atoms with van der Waals surface area (Å²) in [4.78, 5) is 22.4. The minimum Gasteiger partial charge on any atom is -0.308 e. The summed E-state index contributed by atoms with van der Waals surface area (Å²) in [6, 6.07) is 19.9. The van der Waals surface area contributed by atoms with Crippen molar-refractivity contribution in [1.82, 2.24) is 14.2 Å². The van der Waals surface area contributed by atoms with E-state index in [1.807, 2.05) is 63.2 Å². The highest BCUT2D eigenvalue weighted by Crippen LogP contribution is 2.32. The number of sulfonamides is 1. The van der Waals surface area contributed by atoms with Crippen molar-refractivity contribution in [3.05, 3.63) is 89.0 Å². The third kappa shape index (κ3) is 7.04. The van der Waals surface area contributed by atoms with Crippen LogP contribution in [0.15, 0.2) is 71.6 Å². The van der Waals surface area contributed by atoms with Crippen molar-refractivity contribution >= 4 is 55.0 Å². The Morgan fingerprint density at radius 2 is 1.62 bits per heavy atom. The Morgan fingerprint density at radius 3 is 2.23 bits per heavy atom. The van der Waals surface area contributed by atoms with Crippen LogP contribution in [0.1, 0.15) is 34.0 Å². The molecule has 39 heavy (non-hydrogen) atoms. The highest BCUT2D eigenvalue weighted by molar-refractivity contribution is 7.89. The average Bonchev–Trinajstić information content (AvgIpc) is 3.31. The fourth-order valence-electron chi connectivity index (χ4n) is 4.29. The second-order valence-corrected chi connectivity index (χ2v) is 12.6. The van der Waals surface area contributed by atoms with Gasteiger partial charge in [-0.05, 0) is 75.0 Å². The molecule has 0 saturated carbocycles. The number of rotatable bonds is 10. The van der Waals surface area contributed by atoms with Crippen LogP contribution in [0.2, 0.25) is 0 Å². The summed E-state index contributed by atoms with van der Waals surface area (Å²) >= 11 is 1.50. The van der Waals surface area contributed by atoms with Crippen LogP contribution in [-0.2, 0) is 16.6 Å². The predicted octanol–water partition coefficient (Wildman–Crippen LogP) is 5.75. The van der Waals surface area contributed by atoms with Crippen molar-refractivity contribution < 1.29 is 13.2 Å². The smallest absolute Gasteiger partial charge is 0.260 e. The third-order valence-corrected chi connectivity index (χ3v) is 9.32. The van der Waals surface area contributed by atoms with Gasteiger partial charge in [-0.3, -0.25) is 9.69 Å². The van der Waals surface area contributed by atoms with E-state index < -0.39 is 10.0 Å². The number of amides is 1. The highest BCUT2D eigenvalue weighted by atomic mass is 35.5. The Kier molecular flexibility index (Phi) is 10.3. The molecule has 1 aromatic heterocycles. The van der Waals surface area contributed by atoms with Gasteiger partial charge in [0.15, 0.2) is 5.13 Å². The molecule has 0 unspecified atom stereocenters. The number of halogens is 1. The highest BCUT2D eigenvalue weighted by Gasteiger charge is 2.26. The van der Waals surface area contributed by atoms with Crippen molar-refractivity contribution in [2.75, 3.05) is 38.6 Å². The van der Waals surface area contributed by atoms with Crippen molar-refractivity contribution in [3.63, 3.8) is 0 Å². The zero-order valence-electron chi connectivity index (χ0n) is 22.9. The van der Waals surface area contributed by atoms with E-state index in [9.17, 15) is 13.2 Å². The summed E-state index contributed by atoms with van der Waals surface area (Å²) in [6.45, 7) is 7.66. The fraction of sp³-hybridized carbons (Fsp3) is 0.310. The maximum atomic E-state index is 13.7. The van der Waals surface area contributed by atoms with Gasteiger partial charge in [-0.1, -0.05) is 54.7 Å². The number of thiazole rings is 1. The summed E-state index contributed by atoms with van der Waals surface area (Å²) < 4.78 is 29.2. The summed E-state index contributed by atoms with van der Waals surface area (Å²) in [7, 11) is 0.202. The molecule has 0 aliphatic carbocycles. The van der Waals surface area contributed by atoms with E-state index >= 15 is 0 Å². The molecule has 1 amide bonds. The number of fused-ring (bicyclic) bond motifs is 1. The monoisotopic (exact) mass is 586 g/mol. The van der Waals surface area contributed by atoms with E-state index in [0.29, 0.717) is 30.3 Å². The second kappa shape index (κ2) is 13.0. The summed E-state index contributed by atoms with van der Waals surface area (Å²) in [5.74, 6) is -0.208. The van der Waals surface area contributed by atoms with Gasteiger partial charge in [-0.2, -0.15) is 4.31 Å². The molecule has 0 spiro atoms. The first-order chi connectivity index (χ1) is 18.1. The molecule has 4 rings (SSSR count). The molecule has 7 nitrogen and oxygen atoms in total. The Morgan fingerprint density at radius 1 is 0.949 bits per heavy atom. The van der Waals surface area contributed by atoms with Crippen LogP contribution >= 0.6 is 23.7 Å². The zero-order valence-corrected chi connectivity index (χ0v) is 25.4. The molecular formula is C29H35ClN4O3S2. The van der Waals surface area contributed by atoms with E-state index in [1.165, 1.54) is 27.8 Å². The quantitative estimate of drug-likeness (QED) is 0.236. The number of carbonyl (C=O) groups is 1. The molecule has 0 aliphatic heterocycles. The van der Waals surface area contributed by atoms with Gasteiger partial charge >= 0.3 is 0 Å². The number of hydrogen-bond acceptors (Lipinski definition) is 6. The predicted molar refractivity (Wildman–Crippen MR) is 163 cm³/mol. The van der Waals surface area contributed by atoms with Gasteiger partial charge in [0.25, 0.3) is 5.91 Å². The average molecular weight is 587 g/mol. The lowest BCUT2D eigenvalue weighted by molar-refractivity contribution is 0.0985. The number of aryl methyl sites for hydroxylation is 2. The standard InChI is InChI=1S/C29H34N4O3S2.ClH/c1-6-32(20-23-10-8-7-9-11-23)38(35,36)25-14-12-24(13-15-25)28(34)33(17-16-31(4)5)29-30-27-22(3)18-21(2)19-26(27)37-29;/h7-15,18-19H,6,16-17,20H2,1-5H3;1H. The maximum absolute atomic E-state index is 13.7.